The summed E-state index contributed by atoms with van der Waals surface area (Å²) in [5, 5.41) is 9.63. The fourth-order valence-electron chi connectivity index (χ4n) is 1.60. The molecule has 1 N–H and O–H groups in total. The third-order valence-electron chi connectivity index (χ3n) is 2.57. The molecule has 0 radical (unpaired) electrons. The van der Waals surface area contributed by atoms with Crippen molar-refractivity contribution in [2.45, 2.75) is 32.4 Å². The predicted octanol–water partition coefficient (Wildman–Crippen LogP) is 1.88. The van der Waals surface area contributed by atoms with E-state index in [0.29, 0.717) is 0 Å². The number of aromatic nitrogens is 1. The van der Waals surface area contributed by atoms with Crippen LogP contribution in [0.4, 0.5) is 0 Å². The van der Waals surface area contributed by atoms with Crippen molar-refractivity contribution >= 4 is 0 Å². The number of hydrogen-bond donors (Lipinski definition) is 1. The molecular weight excluding hydrogens is 188 g/mol. The van der Waals surface area contributed by atoms with Gasteiger partial charge in [-0.2, -0.15) is 0 Å². The first-order valence-electron chi connectivity index (χ1n) is 5.62. The van der Waals surface area contributed by atoms with Gasteiger partial charge in [0.05, 0.1) is 6.10 Å². The number of aryl methyl sites for hydroxylation is 1. The summed E-state index contributed by atoms with van der Waals surface area (Å²) in [6.45, 7) is 4.12. The number of aliphatic hydroxyl groups is 1. The molecule has 3 heteroatoms. The van der Waals surface area contributed by atoms with Gasteiger partial charge in [0.2, 0.25) is 0 Å². The highest BCUT2D eigenvalue weighted by Crippen LogP contribution is 2.16. The van der Waals surface area contributed by atoms with Crippen LogP contribution in [-0.2, 0) is 6.54 Å². The van der Waals surface area contributed by atoms with Crippen molar-refractivity contribution in [1.29, 1.82) is 0 Å². The SMILES string of the molecule is CCC(O)c1ccn(CCCN(C)C)c1. The minimum Gasteiger partial charge on any atom is -0.388 e. The van der Waals surface area contributed by atoms with Crippen molar-refractivity contribution in [3.8, 4) is 0 Å². The molecule has 0 fully saturated rings. The van der Waals surface area contributed by atoms with E-state index in [1.807, 2.05) is 25.4 Å². The van der Waals surface area contributed by atoms with Gasteiger partial charge in [0.25, 0.3) is 0 Å². The zero-order chi connectivity index (χ0) is 11.3. The third-order valence-corrected chi connectivity index (χ3v) is 2.57. The van der Waals surface area contributed by atoms with Crippen molar-refractivity contribution in [3.05, 3.63) is 24.0 Å². The Labute approximate surface area is 92.3 Å². The lowest BCUT2D eigenvalue weighted by molar-refractivity contribution is 0.173. The fraction of sp³-hybridized carbons (Fsp3) is 0.667. The Balaban J connectivity index is 2.39. The summed E-state index contributed by atoms with van der Waals surface area (Å²) in [6.07, 6.45) is 5.71. The fourth-order valence-corrected chi connectivity index (χ4v) is 1.60. The molecule has 0 amide bonds. The largest absolute Gasteiger partial charge is 0.388 e. The number of hydrogen-bond acceptors (Lipinski definition) is 2. The van der Waals surface area contributed by atoms with Gasteiger partial charge in [-0.15, -0.1) is 0 Å². The topological polar surface area (TPSA) is 28.4 Å². The van der Waals surface area contributed by atoms with E-state index in [1.165, 1.54) is 0 Å². The molecule has 3 nitrogen and oxygen atoms in total. The molecule has 0 aliphatic heterocycles. The van der Waals surface area contributed by atoms with Gasteiger partial charge < -0.3 is 14.6 Å². The van der Waals surface area contributed by atoms with Crippen LogP contribution in [-0.4, -0.2) is 35.2 Å². The molecule has 0 aromatic carbocycles. The summed E-state index contributed by atoms with van der Waals surface area (Å²) in [5.74, 6) is 0. The molecule has 0 aliphatic rings. The molecular formula is C12H22N2O. The highest BCUT2D eigenvalue weighted by Gasteiger charge is 2.05. The summed E-state index contributed by atoms with van der Waals surface area (Å²) in [6, 6.07) is 2.00. The van der Waals surface area contributed by atoms with E-state index in [9.17, 15) is 5.11 Å². The third kappa shape index (κ3) is 4.06. The van der Waals surface area contributed by atoms with Gasteiger partial charge in [0.1, 0.15) is 0 Å². The maximum Gasteiger partial charge on any atom is 0.0802 e. The molecule has 0 saturated heterocycles. The monoisotopic (exact) mass is 210 g/mol. The first kappa shape index (κ1) is 12.3. The van der Waals surface area contributed by atoms with Crippen LogP contribution < -0.4 is 0 Å². The highest BCUT2D eigenvalue weighted by molar-refractivity contribution is 5.13. The zero-order valence-electron chi connectivity index (χ0n) is 9.98. The Morgan fingerprint density at radius 2 is 2.20 bits per heavy atom. The second-order valence-corrected chi connectivity index (χ2v) is 4.26. The summed E-state index contributed by atoms with van der Waals surface area (Å²) >= 11 is 0. The van der Waals surface area contributed by atoms with Gasteiger partial charge in [-0.1, -0.05) is 6.92 Å². The van der Waals surface area contributed by atoms with Crippen LogP contribution in [0, 0.1) is 0 Å². The van der Waals surface area contributed by atoms with Gasteiger partial charge in [-0.25, -0.2) is 0 Å². The van der Waals surface area contributed by atoms with Gasteiger partial charge in [-0.05, 0) is 45.1 Å². The molecule has 0 aliphatic carbocycles. The standard InChI is InChI=1S/C12H22N2O/c1-4-12(15)11-6-9-14(10-11)8-5-7-13(2)3/h6,9-10,12,15H,4-5,7-8H2,1-3H3. The summed E-state index contributed by atoms with van der Waals surface area (Å²) < 4.78 is 2.15. The molecule has 15 heavy (non-hydrogen) atoms. The average molecular weight is 210 g/mol. The molecule has 0 spiro atoms. The van der Waals surface area contributed by atoms with Gasteiger partial charge in [-0.3, -0.25) is 0 Å². The molecule has 1 aromatic heterocycles. The summed E-state index contributed by atoms with van der Waals surface area (Å²) in [5.41, 5.74) is 1.03. The molecule has 1 unspecified atom stereocenters. The quantitative estimate of drug-likeness (QED) is 0.776. The summed E-state index contributed by atoms with van der Waals surface area (Å²) in [7, 11) is 4.17. The van der Waals surface area contributed by atoms with E-state index in [2.05, 4.69) is 23.6 Å². The second-order valence-electron chi connectivity index (χ2n) is 4.26. The van der Waals surface area contributed by atoms with Gasteiger partial charge in [0.15, 0.2) is 0 Å². The molecule has 1 aromatic rings. The van der Waals surface area contributed by atoms with Crippen LogP contribution in [0.3, 0.4) is 0 Å². The number of aliphatic hydroxyl groups excluding tert-OH is 1. The van der Waals surface area contributed by atoms with E-state index in [-0.39, 0.29) is 6.10 Å². The van der Waals surface area contributed by atoms with Crippen molar-refractivity contribution in [3.63, 3.8) is 0 Å². The van der Waals surface area contributed by atoms with Crippen LogP contribution >= 0.6 is 0 Å². The maximum atomic E-state index is 9.63. The average Bonchev–Trinajstić information content (AvgIpc) is 2.65. The Kier molecular flexibility index (Phi) is 4.85. The summed E-state index contributed by atoms with van der Waals surface area (Å²) in [4.78, 5) is 2.19. The molecule has 1 heterocycles. The zero-order valence-corrected chi connectivity index (χ0v) is 9.98. The Morgan fingerprint density at radius 1 is 1.47 bits per heavy atom. The first-order chi connectivity index (χ1) is 7.13. The lowest BCUT2D eigenvalue weighted by atomic mass is 10.1. The van der Waals surface area contributed by atoms with Crippen LogP contribution in [0.2, 0.25) is 0 Å². The van der Waals surface area contributed by atoms with Crippen LogP contribution in [0.15, 0.2) is 18.5 Å². The maximum absolute atomic E-state index is 9.63. The smallest absolute Gasteiger partial charge is 0.0802 e. The normalized spacial score (nSPS) is 13.4. The van der Waals surface area contributed by atoms with Crippen molar-refractivity contribution < 1.29 is 5.11 Å². The molecule has 86 valence electrons. The molecule has 1 atom stereocenters. The van der Waals surface area contributed by atoms with Gasteiger partial charge >= 0.3 is 0 Å². The predicted molar refractivity (Wildman–Crippen MR) is 62.9 cm³/mol. The van der Waals surface area contributed by atoms with Crippen LogP contribution in [0.1, 0.15) is 31.4 Å². The highest BCUT2D eigenvalue weighted by atomic mass is 16.3. The Hall–Kier alpha value is -0.800. The molecule has 1 rings (SSSR count). The van der Waals surface area contributed by atoms with Crippen molar-refractivity contribution in [2.24, 2.45) is 0 Å². The van der Waals surface area contributed by atoms with E-state index >= 15 is 0 Å². The van der Waals surface area contributed by atoms with E-state index in [1.54, 1.807) is 0 Å². The number of rotatable bonds is 6. The van der Waals surface area contributed by atoms with Crippen molar-refractivity contribution in [1.82, 2.24) is 9.47 Å². The molecule has 0 saturated carbocycles. The van der Waals surface area contributed by atoms with E-state index in [4.69, 9.17) is 0 Å². The first-order valence-corrected chi connectivity index (χ1v) is 5.62. The second kappa shape index (κ2) is 5.93. The minimum atomic E-state index is -0.305. The molecule has 0 bridgehead atoms. The minimum absolute atomic E-state index is 0.305. The lowest BCUT2D eigenvalue weighted by Gasteiger charge is -2.09. The number of nitrogens with zero attached hydrogens (tertiary/aromatic N) is 2. The lowest BCUT2D eigenvalue weighted by Crippen LogP contribution is -2.14. The van der Waals surface area contributed by atoms with E-state index < -0.39 is 0 Å². The Bertz CT molecular complexity index is 281. The van der Waals surface area contributed by atoms with E-state index in [0.717, 1.165) is 31.5 Å². The van der Waals surface area contributed by atoms with Gasteiger partial charge in [0, 0.05) is 18.9 Å². The Morgan fingerprint density at radius 3 is 2.80 bits per heavy atom. The van der Waals surface area contributed by atoms with Crippen molar-refractivity contribution in [2.75, 3.05) is 20.6 Å². The van der Waals surface area contributed by atoms with Crippen LogP contribution in [0.5, 0.6) is 0 Å². The van der Waals surface area contributed by atoms with Crippen LogP contribution in [0.25, 0.3) is 0 Å².